The number of nitrogens with zero attached hydrogens (tertiary/aromatic N) is 2. The van der Waals surface area contributed by atoms with Gasteiger partial charge in [0.1, 0.15) is 11.6 Å². The van der Waals surface area contributed by atoms with Gasteiger partial charge in [0, 0.05) is 18.4 Å². The molecule has 3 aromatic rings. The lowest BCUT2D eigenvalue weighted by atomic mass is 10.1. The van der Waals surface area contributed by atoms with Gasteiger partial charge in [-0.1, -0.05) is 35.9 Å². The lowest BCUT2D eigenvalue weighted by Gasteiger charge is -2.14. The van der Waals surface area contributed by atoms with Crippen molar-refractivity contribution in [1.82, 2.24) is 9.97 Å². The molecule has 140 valence electrons. The third-order valence-corrected chi connectivity index (χ3v) is 4.46. The van der Waals surface area contributed by atoms with Gasteiger partial charge >= 0.3 is 0 Å². The van der Waals surface area contributed by atoms with Crippen molar-refractivity contribution in [2.24, 2.45) is 0 Å². The molecule has 0 atom stereocenters. The van der Waals surface area contributed by atoms with Gasteiger partial charge in [0.05, 0.1) is 7.11 Å². The monoisotopic (exact) mass is 362 g/mol. The summed E-state index contributed by atoms with van der Waals surface area (Å²) in [5.41, 5.74) is 5.93. The Morgan fingerprint density at radius 3 is 2.48 bits per heavy atom. The summed E-state index contributed by atoms with van der Waals surface area (Å²) in [6.45, 7) is 7.05. The Morgan fingerprint density at radius 2 is 1.74 bits per heavy atom. The Morgan fingerprint density at radius 1 is 1.00 bits per heavy atom. The third-order valence-electron chi connectivity index (χ3n) is 4.46. The second kappa shape index (κ2) is 8.54. The second-order valence-electron chi connectivity index (χ2n) is 6.65. The molecule has 2 aromatic carbocycles. The first-order valence-electron chi connectivity index (χ1n) is 9.10. The predicted molar refractivity (Wildman–Crippen MR) is 111 cm³/mol. The molecule has 0 radical (unpaired) electrons. The van der Waals surface area contributed by atoms with E-state index in [4.69, 9.17) is 4.74 Å². The summed E-state index contributed by atoms with van der Waals surface area (Å²) >= 11 is 0. The van der Waals surface area contributed by atoms with Crippen LogP contribution in [-0.2, 0) is 6.42 Å². The number of hydrogen-bond acceptors (Lipinski definition) is 5. The number of anilines is 3. The van der Waals surface area contributed by atoms with Crippen LogP contribution in [0.25, 0.3) is 0 Å². The van der Waals surface area contributed by atoms with Crippen LogP contribution in [0.4, 0.5) is 17.5 Å². The second-order valence-corrected chi connectivity index (χ2v) is 6.65. The van der Waals surface area contributed by atoms with E-state index in [0.29, 0.717) is 5.95 Å². The maximum atomic E-state index is 5.40. The SMILES string of the molecule is COc1ccccc1CCNc1nccc(Nc2c(C)cc(C)cc2C)n1. The van der Waals surface area contributed by atoms with Crippen LogP contribution in [0.2, 0.25) is 0 Å². The van der Waals surface area contributed by atoms with Gasteiger partial charge in [0.2, 0.25) is 5.95 Å². The Labute approximate surface area is 160 Å². The first-order valence-corrected chi connectivity index (χ1v) is 9.10. The molecule has 0 saturated carbocycles. The Bertz CT molecular complexity index is 901. The summed E-state index contributed by atoms with van der Waals surface area (Å²) in [5, 5.41) is 6.71. The van der Waals surface area contributed by atoms with Gasteiger partial charge in [0.25, 0.3) is 0 Å². The fourth-order valence-corrected chi connectivity index (χ4v) is 3.24. The Kier molecular flexibility index (Phi) is 5.91. The summed E-state index contributed by atoms with van der Waals surface area (Å²) < 4.78 is 5.40. The van der Waals surface area contributed by atoms with Crippen molar-refractivity contribution in [1.29, 1.82) is 0 Å². The number of rotatable bonds is 7. The minimum Gasteiger partial charge on any atom is -0.496 e. The number of hydrogen-bond donors (Lipinski definition) is 2. The number of para-hydroxylation sites is 1. The molecule has 2 N–H and O–H groups in total. The van der Waals surface area contributed by atoms with Crippen molar-refractivity contribution in [3.8, 4) is 5.75 Å². The first-order chi connectivity index (χ1) is 13.1. The molecule has 27 heavy (non-hydrogen) atoms. The average Bonchev–Trinajstić information content (AvgIpc) is 2.65. The van der Waals surface area contributed by atoms with E-state index >= 15 is 0 Å². The van der Waals surface area contributed by atoms with Crippen LogP contribution in [0.3, 0.4) is 0 Å². The molecule has 0 aliphatic rings. The summed E-state index contributed by atoms with van der Waals surface area (Å²) in [6.07, 6.45) is 2.60. The highest BCUT2D eigenvalue weighted by atomic mass is 16.5. The highest BCUT2D eigenvalue weighted by Crippen LogP contribution is 2.25. The minimum atomic E-state index is 0.609. The van der Waals surface area contributed by atoms with Gasteiger partial charge in [-0.15, -0.1) is 0 Å². The highest BCUT2D eigenvalue weighted by molar-refractivity contribution is 5.65. The molecule has 0 saturated heterocycles. The lowest BCUT2D eigenvalue weighted by molar-refractivity contribution is 0.410. The molecule has 0 amide bonds. The van der Waals surface area contributed by atoms with E-state index in [-0.39, 0.29) is 0 Å². The zero-order chi connectivity index (χ0) is 19.2. The molecule has 1 heterocycles. The molecule has 0 unspecified atom stereocenters. The van der Waals surface area contributed by atoms with Crippen molar-refractivity contribution in [3.05, 3.63) is 70.9 Å². The quantitative estimate of drug-likeness (QED) is 0.632. The van der Waals surface area contributed by atoms with Crippen molar-refractivity contribution in [2.75, 3.05) is 24.3 Å². The average molecular weight is 362 g/mol. The van der Waals surface area contributed by atoms with Crippen LogP contribution in [0.1, 0.15) is 22.3 Å². The normalized spacial score (nSPS) is 10.5. The first kappa shape index (κ1) is 18.7. The highest BCUT2D eigenvalue weighted by Gasteiger charge is 2.07. The number of aromatic nitrogens is 2. The van der Waals surface area contributed by atoms with Crippen LogP contribution in [0.15, 0.2) is 48.7 Å². The molecule has 0 aliphatic carbocycles. The summed E-state index contributed by atoms with van der Waals surface area (Å²) in [4.78, 5) is 8.90. The van der Waals surface area contributed by atoms with Gasteiger partial charge in [-0.25, -0.2) is 4.98 Å². The molecular formula is C22H26N4O. The van der Waals surface area contributed by atoms with Gasteiger partial charge in [-0.2, -0.15) is 4.98 Å². The Balaban J connectivity index is 1.66. The number of nitrogens with one attached hydrogen (secondary N) is 2. The molecule has 0 aliphatic heterocycles. The summed E-state index contributed by atoms with van der Waals surface area (Å²) in [7, 11) is 1.69. The molecular weight excluding hydrogens is 336 g/mol. The summed E-state index contributed by atoms with van der Waals surface area (Å²) in [5.74, 6) is 2.29. The van der Waals surface area contributed by atoms with E-state index in [1.165, 1.54) is 16.7 Å². The number of aryl methyl sites for hydroxylation is 3. The number of benzene rings is 2. The van der Waals surface area contributed by atoms with Gasteiger partial charge < -0.3 is 15.4 Å². The minimum absolute atomic E-state index is 0.609. The van der Waals surface area contributed by atoms with Crippen LogP contribution in [0.5, 0.6) is 5.75 Å². The number of methoxy groups -OCH3 is 1. The van der Waals surface area contributed by atoms with Gasteiger partial charge in [-0.3, -0.25) is 0 Å². The molecule has 0 spiro atoms. The van der Waals surface area contributed by atoms with Crippen molar-refractivity contribution < 1.29 is 4.74 Å². The van der Waals surface area contributed by atoms with Crippen LogP contribution in [-0.4, -0.2) is 23.6 Å². The largest absolute Gasteiger partial charge is 0.496 e. The maximum absolute atomic E-state index is 5.40. The topological polar surface area (TPSA) is 59.1 Å². The van der Waals surface area contributed by atoms with E-state index in [1.807, 2.05) is 24.3 Å². The smallest absolute Gasteiger partial charge is 0.224 e. The standard InChI is InChI=1S/C22H26N4O/c1-15-13-16(2)21(17(3)14-15)25-20-10-12-24-22(26-20)23-11-9-18-7-5-6-8-19(18)27-4/h5-8,10,12-14H,9,11H2,1-4H3,(H2,23,24,25,26). The van der Waals surface area contributed by atoms with Crippen molar-refractivity contribution >= 4 is 17.5 Å². The van der Waals surface area contributed by atoms with Crippen molar-refractivity contribution in [3.63, 3.8) is 0 Å². The zero-order valence-corrected chi connectivity index (χ0v) is 16.3. The molecule has 1 aromatic heterocycles. The lowest BCUT2D eigenvalue weighted by Crippen LogP contribution is -2.09. The van der Waals surface area contributed by atoms with E-state index < -0.39 is 0 Å². The fourth-order valence-electron chi connectivity index (χ4n) is 3.24. The molecule has 0 bridgehead atoms. The van der Waals surface area contributed by atoms with E-state index in [9.17, 15) is 0 Å². The van der Waals surface area contributed by atoms with Crippen LogP contribution >= 0.6 is 0 Å². The Hall–Kier alpha value is -3.08. The molecule has 5 heteroatoms. The predicted octanol–water partition coefficient (Wildman–Crippen LogP) is 4.81. The van der Waals surface area contributed by atoms with E-state index in [2.05, 4.69) is 59.6 Å². The molecule has 5 nitrogen and oxygen atoms in total. The molecule has 3 rings (SSSR count). The van der Waals surface area contributed by atoms with E-state index in [0.717, 1.165) is 35.8 Å². The number of ether oxygens (including phenoxy) is 1. The van der Waals surface area contributed by atoms with E-state index in [1.54, 1.807) is 13.3 Å². The van der Waals surface area contributed by atoms with Crippen LogP contribution < -0.4 is 15.4 Å². The third kappa shape index (κ3) is 4.76. The molecule has 0 fully saturated rings. The zero-order valence-electron chi connectivity index (χ0n) is 16.3. The summed E-state index contributed by atoms with van der Waals surface area (Å²) in [6, 6.07) is 14.3. The fraction of sp³-hybridized carbons (Fsp3) is 0.273. The van der Waals surface area contributed by atoms with Gasteiger partial charge in [-0.05, 0) is 56.0 Å². The van der Waals surface area contributed by atoms with Gasteiger partial charge in [0.15, 0.2) is 0 Å². The maximum Gasteiger partial charge on any atom is 0.224 e. The van der Waals surface area contributed by atoms with Crippen molar-refractivity contribution in [2.45, 2.75) is 27.2 Å². The van der Waals surface area contributed by atoms with Crippen LogP contribution in [0, 0.1) is 20.8 Å².